The van der Waals surface area contributed by atoms with Crippen molar-refractivity contribution in [3.8, 4) is 0 Å². The van der Waals surface area contributed by atoms with Crippen molar-refractivity contribution in [1.29, 1.82) is 0 Å². The topological polar surface area (TPSA) is 123 Å². The molecule has 0 saturated carbocycles. The predicted molar refractivity (Wildman–Crippen MR) is 170 cm³/mol. The van der Waals surface area contributed by atoms with Crippen molar-refractivity contribution >= 4 is 46.3 Å². The van der Waals surface area contributed by atoms with Crippen LogP contribution < -0.4 is 15.8 Å². The van der Waals surface area contributed by atoms with Crippen LogP contribution in [-0.4, -0.2) is 80.6 Å². The van der Waals surface area contributed by atoms with Crippen LogP contribution in [-0.2, 0) is 33.4 Å². The number of aromatic nitrogens is 4. The van der Waals surface area contributed by atoms with Gasteiger partial charge in [-0.1, -0.05) is 24.6 Å². The first-order valence-electron chi connectivity index (χ1n) is 15.3. The molecular formula is C31H37ClF3N7O5. The molecule has 1 atom stereocenters. The van der Waals surface area contributed by atoms with Crippen molar-refractivity contribution in [3.05, 3.63) is 56.7 Å². The molecule has 1 fully saturated rings. The van der Waals surface area contributed by atoms with E-state index >= 15 is 0 Å². The van der Waals surface area contributed by atoms with Gasteiger partial charge >= 0.3 is 12.3 Å². The van der Waals surface area contributed by atoms with Gasteiger partial charge in [-0.3, -0.25) is 9.59 Å². The molecule has 254 valence electrons. The first-order chi connectivity index (χ1) is 22.1. The Hall–Kier alpha value is -4.11. The summed E-state index contributed by atoms with van der Waals surface area (Å²) in [6, 6.07) is 2.37. The smallest absolute Gasteiger partial charge is 0.416 e. The quantitative estimate of drug-likeness (QED) is 0.386. The molecular weight excluding hydrogens is 643 g/mol. The summed E-state index contributed by atoms with van der Waals surface area (Å²) in [6.45, 7) is 10.5. The molecule has 0 aliphatic carbocycles. The molecule has 2 aliphatic heterocycles. The maximum absolute atomic E-state index is 14.2. The molecule has 12 nitrogen and oxygen atoms in total. The summed E-state index contributed by atoms with van der Waals surface area (Å²) in [5.41, 5.74) is -0.417. The van der Waals surface area contributed by atoms with Gasteiger partial charge < -0.3 is 29.2 Å². The van der Waals surface area contributed by atoms with Gasteiger partial charge in [-0.15, -0.1) is 5.10 Å². The molecule has 1 N–H and O–H groups in total. The van der Waals surface area contributed by atoms with Gasteiger partial charge in [0.05, 0.1) is 35.2 Å². The number of nitrogens with one attached hydrogen (secondary N) is 1. The van der Waals surface area contributed by atoms with E-state index in [4.69, 9.17) is 21.1 Å². The van der Waals surface area contributed by atoms with Crippen LogP contribution in [0.3, 0.4) is 0 Å². The molecule has 0 spiro atoms. The molecule has 5 rings (SSSR count). The number of hydrogen-bond donors (Lipinski definition) is 1. The molecule has 0 bridgehead atoms. The van der Waals surface area contributed by atoms with E-state index in [1.807, 2.05) is 24.8 Å². The van der Waals surface area contributed by atoms with Crippen LogP contribution in [0.4, 0.5) is 29.3 Å². The van der Waals surface area contributed by atoms with Gasteiger partial charge in [-0.05, 0) is 64.3 Å². The van der Waals surface area contributed by atoms with Crippen LogP contribution in [0.5, 0.6) is 0 Å². The maximum atomic E-state index is 14.2. The number of rotatable bonds is 6. The lowest BCUT2D eigenvalue weighted by molar-refractivity contribution is -0.137. The van der Waals surface area contributed by atoms with Crippen molar-refractivity contribution in [2.75, 3.05) is 43.1 Å². The number of fused-ring (bicyclic) bond motifs is 1. The molecule has 1 aromatic carbocycles. The van der Waals surface area contributed by atoms with Crippen LogP contribution >= 0.6 is 11.6 Å². The first kappa shape index (κ1) is 34.2. The van der Waals surface area contributed by atoms with Gasteiger partial charge in [0, 0.05) is 25.7 Å². The number of hydrogen-bond acceptors (Lipinski definition) is 8. The van der Waals surface area contributed by atoms with Gasteiger partial charge in [0.1, 0.15) is 17.8 Å². The van der Waals surface area contributed by atoms with E-state index in [1.54, 1.807) is 30.2 Å². The van der Waals surface area contributed by atoms with Crippen molar-refractivity contribution in [1.82, 2.24) is 24.1 Å². The third kappa shape index (κ3) is 7.40. The highest BCUT2D eigenvalue weighted by Gasteiger charge is 2.34. The fraction of sp³-hybridized carbons (Fsp3) is 0.516. The number of carbonyl (C=O) groups excluding carboxylic acids is 2. The lowest BCUT2D eigenvalue weighted by Gasteiger charge is -2.41. The molecule has 16 heteroatoms. The monoisotopic (exact) mass is 679 g/mol. The lowest BCUT2D eigenvalue weighted by atomic mass is 10.1. The molecule has 0 unspecified atom stereocenters. The number of halogens is 4. The maximum Gasteiger partial charge on any atom is 0.416 e. The van der Waals surface area contributed by atoms with Crippen molar-refractivity contribution in [2.24, 2.45) is 0 Å². The summed E-state index contributed by atoms with van der Waals surface area (Å²) < 4.78 is 53.2. The van der Waals surface area contributed by atoms with Crippen LogP contribution in [0.2, 0.25) is 5.02 Å². The summed E-state index contributed by atoms with van der Waals surface area (Å²) >= 11 is 6.11. The van der Waals surface area contributed by atoms with E-state index in [0.717, 1.165) is 23.8 Å². The minimum atomic E-state index is -4.60. The summed E-state index contributed by atoms with van der Waals surface area (Å²) in [6.07, 6.45) is -2.34. The Morgan fingerprint density at radius 2 is 1.94 bits per heavy atom. The van der Waals surface area contributed by atoms with Crippen molar-refractivity contribution < 1.29 is 32.2 Å². The second-order valence-electron chi connectivity index (χ2n) is 12.5. The molecule has 2 amide bonds. The van der Waals surface area contributed by atoms with Crippen molar-refractivity contribution in [2.45, 2.75) is 71.8 Å². The van der Waals surface area contributed by atoms with E-state index in [1.165, 1.54) is 4.52 Å². The standard InChI is InChI=1S/C31H37ClF3N7O5/c1-6-23-25(40-12-11-39(16-18(40)2)29(45)47-30(3,4)5)27(44)42-28(37-26(38-42)19-9-13-46-14-10-19)41(23)17-24(43)36-22-8-7-20(15-21(22)32)31(33,34)35/h7-9,15,18H,6,10-14,16-17H2,1-5H3,(H,36,43)/t18-/m0/s1. The number of carbonyl (C=O) groups is 2. The number of nitrogens with zero attached hydrogens (tertiary/aromatic N) is 6. The Labute approximate surface area is 274 Å². The van der Waals surface area contributed by atoms with Gasteiger partial charge in [0.15, 0.2) is 5.82 Å². The summed E-state index contributed by atoms with van der Waals surface area (Å²) in [7, 11) is 0. The van der Waals surface area contributed by atoms with E-state index < -0.39 is 34.9 Å². The minimum absolute atomic E-state index is 0.00130. The zero-order valence-corrected chi connectivity index (χ0v) is 27.5. The fourth-order valence-electron chi connectivity index (χ4n) is 5.67. The fourth-order valence-corrected chi connectivity index (χ4v) is 5.90. The molecule has 2 aromatic heterocycles. The van der Waals surface area contributed by atoms with Crippen LogP contribution in [0, 0.1) is 0 Å². The Kier molecular flexibility index (Phi) is 9.60. The Balaban J connectivity index is 1.54. The molecule has 4 heterocycles. The minimum Gasteiger partial charge on any atom is -0.444 e. The molecule has 0 radical (unpaired) electrons. The predicted octanol–water partition coefficient (Wildman–Crippen LogP) is 5.01. The van der Waals surface area contributed by atoms with Gasteiger partial charge in [0.2, 0.25) is 11.7 Å². The summed E-state index contributed by atoms with van der Waals surface area (Å²) in [4.78, 5) is 48.6. The number of amides is 2. The zero-order valence-electron chi connectivity index (χ0n) is 26.8. The number of benzene rings is 1. The normalized spacial score (nSPS) is 17.6. The first-order valence-corrected chi connectivity index (χ1v) is 15.7. The van der Waals surface area contributed by atoms with E-state index in [2.05, 4.69) is 15.4 Å². The highest BCUT2D eigenvalue weighted by Crippen LogP contribution is 2.34. The Bertz CT molecular complexity index is 1780. The third-order valence-corrected chi connectivity index (χ3v) is 8.16. The van der Waals surface area contributed by atoms with Gasteiger partial charge in [-0.2, -0.15) is 22.7 Å². The highest BCUT2D eigenvalue weighted by molar-refractivity contribution is 6.33. The number of ether oxygens (including phenoxy) is 2. The van der Waals surface area contributed by atoms with Crippen molar-refractivity contribution in [3.63, 3.8) is 0 Å². The average molecular weight is 680 g/mol. The van der Waals surface area contributed by atoms with Crippen LogP contribution in [0.25, 0.3) is 11.4 Å². The number of piperazine rings is 1. The van der Waals surface area contributed by atoms with E-state index in [0.29, 0.717) is 56.4 Å². The molecule has 47 heavy (non-hydrogen) atoms. The number of anilines is 2. The zero-order chi connectivity index (χ0) is 34.3. The van der Waals surface area contributed by atoms with Gasteiger partial charge in [0.25, 0.3) is 5.56 Å². The molecule has 1 saturated heterocycles. The van der Waals surface area contributed by atoms with Gasteiger partial charge in [-0.25, -0.2) is 4.79 Å². The lowest BCUT2D eigenvalue weighted by Crippen LogP contribution is -2.56. The Morgan fingerprint density at radius 1 is 1.19 bits per heavy atom. The van der Waals surface area contributed by atoms with Crippen LogP contribution in [0.1, 0.15) is 58.1 Å². The second kappa shape index (κ2) is 13.2. The molecule has 3 aromatic rings. The number of alkyl halides is 3. The third-order valence-electron chi connectivity index (χ3n) is 7.85. The van der Waals surface area contributed by atoms with E-state index in [9.17, 15) is 27.6 Å². The second-order valence-corrected chi connectivity index (χ2v) is 12.9. The van der Waals surface area contributed by atoms with Crippen LogP contribution in [0.15, 0.2) is 29.1 Å². The molecule has 2 aliphatic rings. The SMILES string of the molecule is CCc1c(N2CCN(C(=O)OC(C)(C)C)C[C@@H]2C)c(=O)n2nc(C3=CCOCC3)nc2n1CC(=O)Nc1ccc(C(F)(F)F)cc1Cl. The summed E-state index contributed by atoms with van der Waals surface area (Å²) in [5.74, 6) is -0.144. The van der Waals surface area contributed by atoms with E-state index in [-0.39, 0.29) is 35.6 Å². The Morgan fingerprint density at radius 3 is 2.53 bits per heavy atom. The average Bonchev–Trinajstić information content (AvgIpc) is 3.45. The highest BCUT2D eigenvalue weighted by atomic mass is 35.5. The largest absolute Gasteiger partial charge is 0.444 e. The summed E-state index contributed by atoms with van der Waals surface area (Å²) in [5, 5.41) is 6.87.